The number of hydrogen-bond acceptors (Lipinski definition) is 2. The van der Waals surface area contributed by atoms with E-state index in [2.05, 4.69) is 5.32 Å². The quantitative estimate of drug-likeness (QED) is 0.803. The fourth-order valence-electron chi connectivity index (χ4n) is 1.56. The minimum atomic E-state index is -0.438. The van der Waals surface area contributed by atoms with Gasteiger partial charge in [0, 0.05) is 10.7 Å². The Bertz CT molecular complexity index is 624. The first-order valence-corrected chi connectivity index (χ1v) is 6.43. The molecule has 0 aliphatic heterocycles. The Labute approximate surface area is 125 Å². The number of carbonyl (C=O) groups is 1. The number of nitrogens with two attached hydrogens (primary N) is 1. The maximum Gasteiger partial charge on any atom is 0.259 e. The molecule has 2 rings (SSSR count). The molecule has 0 bridgehead atoms. The minimum Gasteiger partial charge on any atom is -0.398 e. The summed E-state index contributed by atoms with van der Waals surface area (Å²) in [5.41, 5.74) is 6.64. The lowest BCUT2D eigenvalue weighted by molar-refractivity contribution is 0.102. The molecule has 0 aliphatic rings. The number of rotatable bonds is 2. The van der Waals surface area contributed by atoms with Crippen LogP contribution in [0.3, 0.4) is 0 Å². The molecule has 3 N–H and O–H groups in total. The van der Waals surface area contributed by atoms with Crippen molar-refractivity contribution in [2.75, 3.05) is 11.1 Å². The molecule has 3 nitrogen and oxygen atoms in total. The van der Waals surface area contributed by atoms with Crippen molar-refractivity contribution < 1.29 is 4.79 Å². The van der Waals surface area contributed by atoms with Gasteiger partial charge in [0.2, 0.25) is 0 Å². The van der Waals surface area contributed by atoms with Gasteiger partial charge in [0.05, 0.1) is 21.3 Å². The summed E-state index contributed by atoms with van der Waals surface area (Å²) in [4.78, 5) is 12.1. The lowest BCUT2D eigenvalue weighted by Crippen LogP contribution is -2.15. The molecular weight excluding hydrogens is 307 g/mol. The number of benzene rings is 2. The SMILES string of the molecule is Nc1cccc(Cl)c1C(=O)Nc1cc(Cl)ccc1Cl. The van der Waals surface area contributed by atoms with E-state index >= 15 is 0 Å². The number of hydrogen-bond donors (Lipinski definition) is 2. The number of amides is 1. The van der Waals surface area contributed by atoms with Crippen LogP contribution in [0.25, 0.3) is 0 Å². The Kier molecular flexibility index (Phi) is 4.20. The smallest absolute Gasteiger partial charge is 0.259 e. The van der Waals surface area contributed by atoms with Crippen molar-refractivity contribution in [2.24, 2.45) is 0 Å². The van der Waals surface area contributed by atoms with E-state index in [1.807, 2.05) is 0 Å². The van der Waals surface area contributed by atoms with Crippen LogP contribution in [0.1, 0.15) is 10.4 Å². The number of nitrogens with one attached hydrogen (secondary N) is 1. The molecule has 0 radical (unpaired) electrons. The van der Waals surface area contributed by atoms with Crippen LogP contribution in [-0.4, -0.2) is 5.91 Å². The minimum absolute atomic E-state index is 0.209. The molecule has 0 heterocycles. The Hall–Kier alpha value is -1.42. The zero-order valence-electron chi connectivity index (χ0n) is 9.58. The highest BCUT2D eigenvalue weighted by atomic mass is 35.5. The summed E-state index contributed by atoms with van der Waals surface area (Å²) in [5, 5.41) is 3.75. The van der Waals surface area contributed by atoms with Gasteiger partial charge in [0.15, 0.2) is 0 Å². The summed E-state index contributed by atoms with van der Waals surface area (Å²) >= 11 is 17.8. The van der Waals surface area contributed by atoms with Crippen molar-refractivity contribution in [1.82, 2.24) is 0 Å². The molecule has 0 fully saturated rings. The van der Waals surface area contributed by atoms with Crippen LogP contribution in [0, 0.1) is 0 Å². The van der Waals surface area contributed by atoms with Crippen LogP contribution in [0.2, 0.25) is 15.1 Å². The molecule has 1 amide bonds. The third-order valence-electron chi connectivity index (χ3n) is 2.45. The number of carbonyl (C=O) groups excluding carboxylic acids is 1. The van der Waals surface area contributed by atoms with E-state index in [1.54, 1.807) is 36.4 Å². The lowest BCUT2D eigenvalue weighted by atomic mass is 10.1. The first kappa shape index (κ1) is 14.0. The van der Waals surface area contributed by atoms with E-state index in [-0.39, 0.29) is 10.6 Å². The molecule has 0 aliphatic carbocycles. The number of anilines is 2. The molecule has 98 valence electrons. The van der Waals surface area contributed by atoms with Crippen molar-refractivity contribution in [1.29, 1.82) is 0 Å². The van der Waals surface area contributed by atoms with Crippen molar-refractivity contribution in [2.45, 2.75) is 0 Å². The normalized spacial score (nSPS) is 10.3. The third-order valence-corrected chi connectivity index (χ3v) is 3.33. The third kappa shape index (κ3) is 3.13. The average molecular weight is 316 g/mol. The summed E-state index contributed by atoms with van der Waals surface area (Å²) in [6, 6.07) is 9.63. The van der Waals surface area contributed by atoms with Gasteiger partial charge in [-0.1, -0.05) is 40.9 Å². The monoisotopic (exact) mass is 314 g/mol. The molecule has 0 aromatic heterocycles. The fourth-order valence-corrected chi connectivity index (χ4v) is 2.16. The predicted molar refractivity (Wildman–Crippen MR) is 80.3 cm³/mol. The molecule has 0 saturated carbocycles. The summed E-state index contributed by atoms with van der Waals surface area (Å²) in [6.07, 6.45) is 0. The van der Waals surface area contributed by atoms with Gasteiger partial charge in [-0.05, 0) is 30.3 Å². The van der Waals surface area contributed by atoms with Crippen molar-refractivity contribution in [3.8, 4) is 0 Å². The topological polar surface area (TPSA) is 55.1 Å². The average Bonchev–Trinajstić information content (AvgIpc) is 2.33. The van der Waals surface area contributed by atoms with Gasteiger partial charge in [0.25, 0.3) is 5.91 Å². The van der Waals surface area contributed by atoms with Crippen LogP contribution in [0.15, 0.2) is 36.4 Å². The van der Waals surface area contributed by atoms with Crippen LogP contribution >= 0.6 is 34.8 Å². The Morgan fingerprint density at radius 2 is 1.79 bits per heavy atom. The van der Waals surface area contributed by atoms with Crippen LogP contribution in [0.5, 0.6) is 0 Å². The van der Waals surface area contributed by atoms with Crippen molar-refractivity contribution in [3.05, 3.63) is 57.0 Å². The lowest BCUT2D eigenvalue weighted by Gasteiger charge is -2.10. The van der Waals surface area contributed by atoms with Gasteiger partial charge in [0.1, 0.15) is 0 Å². The maximum atomic E-state index is 12.1. The molecule has 0 saturated heterocycles. The molecule has 19 heavy (non-hydrogen) atoms. The van der Waals surface area contributed by atoms with E-state index in [0.717, 1.165) is 0 Å². The molecule has 0 unspecified atom stereocenters. The van der Waals surface area contributed by atoms with E-state index in [0.29, 0.717) is 21.4 Å². The zero-order chi connectivity index (χ0) is 14.0. The van der Waals surface area contributed by atoms with E-state index in [4.69, 9.17) is 40.5 Å². The van der Waals surface area contributed by atoms with Gasteiger partial charge in [-0.2, -0.15) is 0 Å². The van der Waals surface area contributed by atoms with Gasteiger partial charge in [-0.15, -0.1) is 0 Å². The summed E-state index contributed by atoms with van der Waals surface area (Å²) in [6.45, 7) is 0. The van der Waals surface area contributed by atoms with Crippen LogP contribution in [0.4, 0.5) is 11.4 Å². The molecule has 2 aromatic rings. The summed E-state index contributed by atoms with van der Waals surface area (Å²) in [7, 11) is 0. The van der Waals surface area contributed by atoms with Crippen molar-refractivity contribution in [3.63, 3.8) is 0 Å². The van der Waals surface area contributed by atoms with Crippen molar-refractivity contribution >= 4 is 52.1 Å². The molecule has 0 spiro atoms. The maximum absolute atomic E-state index is 12.1. The zero-order valence-corrected chi connectivity index (χ0v) is 11.9. The molecule has 6 heteroatoms. The standard InChI is InChI=1S/C13H9Cl3N2O/c14-7-4-5-8(15)11(6-7)18-13(19)12-9(16)2-1-3-10(12)17/h1-6H,17H2,(H,18,19). The number of nitrogen functional groups attached to an aromatic ring is 1. The summed E-state index contributed by atoms with van der Waals surface area (Å²) < 4.78 is 0. The first-order valence-electron chi connectivity index (χ1n) is 5.29. The molecule has 2 aromatic carbocycles. The van der Waals surface area contributed by atoms with E-state index in [9.17, 15) is 4.79 Å². The molecule has 0 atom stereocenters. The van der Waals surface area contributed by atoms with Crippen LogP contribution < -0.4 is 11.1 Å². The van der Waals surface area contributed by atoms with E-state index in [1.165, 1.54) is 0 Å². The van der Waals surface area contributed by atoms with Gasteiger partial charge >= 0.3 is 0 Å². The van der Waals surface area contributed by atoms with Gasteiger partial charge in [-0.3, -0.25) is 4.79 Å². The fraction of sp³-hybridized carbons (Fsp3) is 0. The Morgan fingerprint density at radius 1 is 1.05 bits per heavy atom. The highest BCUT2D eigenvalue weighted by Crippen LogP contribution is 2.28. The van der Waals surface area contributed by atoms with E-state index < -0.39 is 5.91 Å². The van der Waals surface area contributed by atoms with Crippen LogP contribution in [-0.2, 0) is 0 Å². The van der Waals surface area contributed by atoms with Gasteiger partial charge < -0.3 is 11.1 Å². The second-order valence-corrected chi connectivity index (χ2v) is 5.03. The van der Waals surface area contributed by atoms with Gasteiger partial charge in [-0.25, -0.2) is 0 Å². The highest BCUT2D eigenvalue weighted by molar-refractivity contribution is 6.37. The number of halogens is 3. The summed E-state index contributed by atoms with van der Waals surface area (Å²) in [5.74, 6) is -0.438. The highest BCUT2D eigenvalue weighted by Gasteiger charge is 2.15. The Morgan fingerprint density at radius 3 is 2.47 bits per heavy atom. The second kappa shape index (κ2) is 5.70. The largest absolute Gasteiger partial charge is 0.398 e. The predicted octanol–water partition coefficient (Wildman–Crippen LogP) is 4.48. The Balaban J connectivity index is 2.34. The molecular formula is C13H9Cl3N2O. The second-order valence-electron chi connectivity index (χ2n) is 3.78. The first-order chi connectivity index (χ1) is 8.99.